The first-order chi connectivity index (χ1) is 16.5. The van der Waals surface area contributed by atoms with Gasteiger partial charge in [0.2, 0.25) is 4.80 Å². The Hall–Kier alpha value is -3.46. The normalized spacial score (nSPS) is 11.8. The highest BCUT2D eigenvalue weighted by Crippen LogP contribution is 2.31. The van der Waals surface area contributed by atoms with Crippen LogP contribution in [0.5, 0.6) is 5.75 Å². The van der Waals surface area contributed by atoms with Crippen LogP contribution in [-0.4, -0.2) is 22.4 Å². The Morgan fingerprint density at radius 3 is 2.59 bits per heavy atom. The van der Waals surface area contributed by atoms with Crippen LogP contribution in [0.2, 0.25) is 10.0 Å². The minimum absolute atomic E-state index is 0.0935. The van der Waals surface area contributed by atoms with Crippen molar-refractivity contribution in [3.8, 4) is 17.0 Å². The molecule has 7 nitrogen and oxygen atoms in total. The zero-order chi connectivity index (χ0) is 24.1. The summed E-state index contributed by atoms with van der Waals surface area (Å²) in [6, 6.07) is 19.0. The standard InChI is InChI=1S/C24H18Cl2N4O3S/c1-2-33-18-10-7-16(8-11-18)14-27-29-23(19-12-9-17(25)13-20(19)26)15-34-24(29)28-21-5-3-4-6-22(21)30(31)32/h3-15H,2H2,1H3/b27-14-,28-24?. The highest BCUT2D eigenvalue weighted by atomic mass is 35.5. The minimum Gasteiger partial charge on any atom is -0.494 e. The number of rotatable bonds is 7. The van der Waals surface area contributed by atoms with E-state index in [-0.39, 0.29) is 11.4 Å². The van der Waals surface area contributed by atoms with Crippen LogP contribution < -0.4 is 9.54 Å². The van der Waals surface area contributed by atoms with Crippen LogP contribution in [0.4, 0.5) is 11.4 Å². The van der Waals surface area contributed by atoms with Crippen molar-refractivity contribution in [2.75, 3.05) is 6.61 Å². The third-order valence-electron chi connectivity index (χ3n) is 4.70. The molecule has 0 aliphatic rings. The van der Waals surface area contributed by atoms with Crippen LogP contribution in [0.25, 0.3) is 11.3 Å². The zero-order valence-corrected chi connectivity index (χ0v) is 20.2. The SMILES string of the molecule is CCOc1ccc(/C=N\n2c(-c3ccc(Cl)cc3Cl)csc2=Nc2ccccc2[N+](=O)[O-])cc1. The van der Waals surface area contributed by atoms with Gasteiger partial charge in [0.25, 0.3) is 5.69 Å². The van der Waals surface area contributed by atoms with Gasteiger partial charge in [0.05, 0.1) is 28.5 Å². The van der Waals surface area contributed by atoms with Gasteiger partial charge in [-0.25, -0.2) is 9.67 Å². The number of hydrogen-bond donors (Lipinski definition) is 0. The molecule has 0 saturated carbocycles. The van der Waals surface area contributed by atoms with E-state index in [0.717, 1.165) is 11.3 Å². The predicted molar refractivity (Wildman–Crippen MR) is 137 cm³/mol. The van der Waals surface area contributed by atoms with Crippen LogP contribution in [0, 0.1) is 10.1 Å². The van der Waals surface area contributed by atoms with E-state index < -0.39 is 4.92 Å². The van der Waals surface area contributed by atoms with Gasteiger partial charge < -0.3 is 4.74 Å². The maximum absolute atomic E-state index is 11.5. The van der Waals surface area contributed by atoms with E-state index in [0.29, 0.717) is 32.7 Å². The van der Waals surface area contributed by atoms with Crippen molar-refractivity contribution >= 4 is 52.1 Å². The number of nitrogens with zero attached hydrogens (tertiary/aromatic N) is 4. The summed E-state index contributed by atoms with van der Waals surface area (Å²) in [4.78, 5) is 16.0. The Labute approximate surface area is 209 Å². The Kier molecular flexibility index (Phi) is 7.42. The fourth-order valence-corrected chi connectivity index (χ4v) is 4.47. The van der Waals surface area contributed by atoms with Crippen molar-refractivity contribution in [1.82, 2.24) is 4.68 Å². The summed E-state index contributed by atoms with van der Waals surface area (Å²) in [7, 11) is 0. The second-order valence-corrected chi connectivity index (χ2v) is 8.62. The Morgan fingerprint density at radius 1 is 1.12 bits per heavy atom. The van der Waals surface area contributed by atoms with Gasteiger partial charge in [0.1, 0.15) is 11.4 Å². The van der Waals surface area contributed by atoms with Crippen LogP contribution >= 0.6 is 34.5 Å². The third kappa shape index (κ3) is 5.36. The molecule has 0 amide bonds. The van der Waals surface area contributed by atoms with E-state index >= 15 is 0 Å². The molecule has 172 valence electrons. The highest BCUT2D eigenvalue weighted by molar-refractivity contribution is 7.07. The number of aromatic nitrogens is 1. The molecule has 0 spiro atoms. The summed E-state index contributed by atoms with van der Waals surface area (Å²) in [6.07, 6.45) is 1.67. The van der Waals surface area contributed by atoms with Gasteiger partial charge in [-0.15, -0.1) is 11.3 Å². The first-order valence-corrected chi connectivity index (χ1v) is 11.8. The average molecular weight is 513 g/mol. The molecular formula is C24H18Cl2N4O3S. The van der Waals surface area contributed by atoms with E-state index in [1.54, 1.807) is 47.3 Å². The average Bonchev–Trinajstić information content (AvgIpc) is 3.21. The second kappa shape index (κ2) is 10.6. The maximum Gasteiger partial charge on any atom is 0.294 e. The lowest BCUT2D eigenvalue weighted by Gasteiger charge is -2.06. The van der Waals surface area contributed by atoms with Gasteiger partial charge in [0.15, 0.2) is 0 Å². The summed E-state index contributed by atoms with van der Waals surface area (Å²) >= 11 is 13.8. The summed E-state index contributed by atoms with van der Waals surface area (Å²) in [5, 5.41) is 18.9. The highest BCUT2D eigenvalue weighted by Gasteiger charge is 2.15. The molecule has 0 saturated heterocycles. The molecule has 3 aromatic carbocycles. The molecule has 0 N–H and O–H groups in total. The molecule has 10 heteroatoms. The molecule has 0 atom stereocenters. The predicted octanol–water partition coefficient (Wildman–Crippen LogP) is 6.94. The smallest absolute Gasteiger partial charge is 0.294 e. The summed E-state index contributed by atoms with van der Waals surface area (Å²) in [5.74, 6) is 0.767. The van der Waals surface area contributed by atoms with E-state index in [9.17, 15) is 10.1 Å². The molecule has 1 aromatic heterocycles. The summed E-state index contributed by atoms with van der Waals surface area (Å²) in [5.41, 5.74) is 2.35. The first kappa shape index (κ1) is 23.7. The van der Waals surface area contributed by atoms with Crippen molar-refractivity contribution in [3.05, 3.63) is 103 Å². The van der Waals surface area contributed by atoms with Gasteiger partial charge in [-0.05, 0) is 61.0 Å². The number of para-hydroxylation sites is 2. The van der Waals surface area contributed by atoms with Crippen molar-refractivity contribution in [3.63, 3.8) is 0 Å². The van der Waals surface area contributed by atoms with Gasteiger partial charge in [-0.3, -0.25) is 10.1 Å². The number of benzene rings is 3. The van der Waals surface area contributed by atoms with Crippen molar-refractivity contribution in [1.29, 1.82) is 0 Å². The first-order valence-electron chi connectivity index (χ1n) is 10.2. The molecule has 4 rings (SSSR count). The van der Waals surface area contributed by atoms with Crippen molar-refractivity contribution in [2.24, 2.45) is 10.1 Å². The quantitative estimate of drug-likeness (QED) is 0.152. The summed E-state index contributed by atoms with van der Waals surface area (Å²) in [6.45, 7) is 2.51. The molecule has 0 unspecified atom stereocenters. The number of hydrogen-bond acceptors (Lipinski definition) is 6. The topological polar surface area (TPSA) is 82.0 Å². The number of ether oxygens (including phenoxy) is 1. The second-order valence-electron chi connectivity index (χ2n) is 6.94. The number of thiazole rings is 1. The minimum atomic E-state index is -0.461. The molecule has 0 radical (unpaired) electrons. The van der Waals surface area contributed by atoms with Crippen molar-refractivity contribution < 1.29 is 9.66 Å². The van der Waals surface area contributed by atoms with Crippen LogP contribution in [-0.2, 0) is 0 Å². The van der Waals surface area contributed by atoms with E-state index in [1.165, 1.54) is 17.4 Å². The van der Waals surface area contributed by atoms with Crippen LogP contribution in [0.15, 0.2) is 82.2 Å². The zero-order valence-electron chi connectivity index (χ0n) is 17.9. The molecule has 0 aliphatic heterocycles. The van der Waals surface area contributed by atoms with Crippen LogP contribution in [0.3, 0.4) is 0 Å². The number of halogens is 2. The fraction of sp³-hybridized carbons (Fsp3) is 0.0833. The molecule has 4 aromatic rings. The summed E-state index contributed by atoms with van der Waals surface area (Å²) < 4.78 is 7.09. The van der Waals surface area contributed by atoms with Crippen LogP contribution in [0.1, 0.15) is 12.5 Å². The largest absolute Gasteiger partial charge is 0.494 e. The Bertz CT molecular complexity index is 1430. The monoisotopic (exact) mass is 512 g/mol. The molecule has 0 bridgehead atoms. The maximum atomic E-state index is 11.5. The Balaban J connectivity index is 1.85. The lowest BCUT2D eigenvalue weighted by Crippen LogP contribution is -2.12. The molecule has 1 heterocycles. The van der Waals surface area contributed by atoms with Gasteiger partial charge in [0, 0.05) is 22.0 Å². The molecule has 34 heavy (non-hydrogen) atoms. The number of nitro benzene ring substituents is 1. The van der Waals surface area contributed by atoms with Crippen molar-refractivity contribution in [2.45, 2.75) is 6.92 Å². The van der Waals surface area contributed by atoms with Gasteiger partial charge >= 0.3 is 0 Å². The molecular weight excluding hydrogens is 495 g/mol. The van der Waals surface area contributed by atoms with E-state index in [4.69, 9.17) is 27.9 Å². The van der Waals surface area contributed by atoms with Gasteiger partial charge in [-0.1, -0.05) is 35.3 Å². The van der Waals surface area contributed by atoms with E-state index in [2.05, 4.69) is 10.1 Å². The van der Waals surface area contributed by atoms with Gasteiger partial charge in [-0.2, -0.15) is 5.10 Å². The molecule has 0 aliphatic carbocycles. The fourth-order valence-electron chi connectivity index (χ4n) is 3.13. The third-order valence-corrected chi connectivity index (χ3v) is 6.06. The number of nitro groups is 1. The molecule has 0 fully saturated rings. The lowest BCUT2D eigenvalue weighted by atomic mass is 10.2. The lowest BCUT2D eigenvalue weighted by molar-refractivity contribution is -0.384. The van der Waals surface area contributed by atoms with E-state index in [1.807, 2.05) is 36.6 Å². The Morgan fingerprint density at radius 2 is 1.88 bits per heavy atom.